The Hall–Kier alpha value is -1.59. The third kappa shape index (κ3) is 2.07. The number of nitrogens with zero attached hydrogens (tertiary/aromatic N) is 1. The third-order valence-electron chi connectivity index (χ3n) is 2.89. The second-order valence-electron chi connectivity index (χ2n) is 4.00. The molecule has 1 aromatic carbocycles. The average Bonchev–Trinajstić information content (AvgIpc) is 2.93. The minimum Gasteiger partial charge on any atom is -0.486 e. The van der Waals surface area contributed by atoms with Crippen LogP contribution in [0.1, 0.15) is 16.6 Å². The largest absolute Gasteiger partial charge is 0.486 e. The maximum atomic E-state index is 5.61. The van der Waals surface area contributed by atoms with Gasteiger partial charge in [0, 0.05) is 11.6 Å². The lowest BCUT2D eigenvalue weighted by atomic mass is 10.1. The van der Waals surface area contributed by atoms with Crippen molar-refractivity contribution in [3.63, 3.8) is 0 Å². The molecule has 1 aliphatic rings. The molecule has 0 amide bonds. The summed E-state index contributed by atoms with van der Waals surface area (Å²) >= 11 is 1.64. The molecule has 0 radical (unpaired) electrons. The Morgan fingerprint density at radius 2 is 2.11 bits per heavy atom. The van der Waals surface area contributed by atoms with E-state index in [1.165, 1.54) is 0 Å². The zero-order valence-corrected chi connectivity index (χ0v) is 10.9. The number of ether oxygens (including phenoxy) is 2. The molecule has 0 bridgehead atoms. The van der Waals surface area contributed by atoms with Crippen molar-refractivity contribution in [1.82, 2.24) is 10.3 Å². The smallest absolute Gasteiger partial charge is 0.161 e. The molecule has 3 rings (SSSR count). The van der Waals surface area contributed by atoms with Gasteiger partial charge in [-0.3, -0.25) is 0 Å². The number of nitrogens with one attached hydrogen (secondary N) is 1. The molecule has 0 fully saturated rings. The van der Waals surface area contributed by atoms with Crippen LogP contribution >= 0.6 is 11.3 Å². The van der Waals surface area contributed by atoms with E-state index in [1.807, 2.05) is 30.8 Å². The summed E-state index contributed by atoms with van der Waals surface area (Å²) in [6, 6.07) is 6.13. The number of benzene rings is 1. The lowest BCUT2D eigenvalue weighted by Gasteiger charge is -2.21. The van der Waals surface area contributed by atoms with Crippen LogP contribution in [0.25, 0.3) is 0 Å². The minimum atomic E-state index is 0.0980. The normalized spacial score (nSPS) is 15.4. The first-order valence-electron chi connectivity index (χ1n) is 5.84. The Labute approximate surface area is 110 Å². The first-order chi connectivity index (χ1) is 8.88. The molecule has 5 heteroatoms. The lowest BCUT2D eigenvalue weighted by molar-refractivity contribution is 0.171. The van der Waals surface area contributed by atoms with Crippen molar-refractivity contribution in [3.8, 4) is 11.5 Å². The molecular weight excluding hydrogens is 248 g/mol. The topological polar surface area (TPSA) is 43.4 Å². The summed E-state index contributed by atoms with van der Waals surface area (Å²) in [5.41, 5.74) is 1.14. The molecule has 0 saturated heterocycles. The highest BCUT2D eigenvalue weighted by Gasteiger charge is 2.18. The highest BCUT2D eigenvalue weighted by Crippen LogP contribution is 2.34. The van der Waals surface area contributed by atoms with Gasteiger partial charge < -0.3 is 14.8 Å². The van der Waals surface area contributed by atoms with Gasteiger partial charge in [-0.1, -0.05) is 6.07 Å². The van der Waals surface area contributed by atoms with E-state index in [9.17, 15) is 0 Å². The summed E-state index contributed by atoms with van der Waals surface area (Å²) in [5, 5.41) is 6.31. The van der Waals surface area contributed by atoms with Crippen LogP contribution in [0.4, 0.5) is 0 Å². The van der Waals surface area contributed by atoms with Crippen LogP contribution < -0.4 is 14.8 Å². The Morgan fingerprint density at radius 1 is 1.28 bits per heavy atom. The number of hydrogen-bond acceptors (Lipinski definition) is 5. The van der Waals surface area contributed by atoms with E-state index in [1.54, 1.807) is 11.3 Å². The fourth-order valence-corrected chi connectivity index (χ4v) is 2.82. The summed E-state index contributed by atoms with van der Waals surface area (Å²) in [6.45, 7) is 1.23. The van der Waals surface area contributed by atoms with Gasteiger partial charge in [-0.2, -0.15) is 0 Å². The number of hydrogen-bond donors (Lipinski definition) is 1. The van der Waals surface area contributed by atoms with Crippen molar-refractivity contribution in [2.45, 2.75) is 6.04 Å². The quantitative estimate of drug-likeness (QED) is 0.921. The van der Waals surface area contributed by atoms with Crippen molar-refractivity contribution in [2.75, 3.05) is 20.3 Å². The molecule has 1 aliphatic heterocycles. The second kappa shape index (κ2) is 4.96. The molecule has 2 heterocycles. The van der Waals surface area contributed by atoms with Gasteiger partial charge in [0.25, 0.3) is 0 Å². The zero-order valence-electron chi connectivity index (χ0n) is 10.1. The van der Waals surface area contributed by atoms with Crippen LogP contribution in [0.3, 0.4) is 0 Å². The molecular formula is C13H14N2O2S. The monoisotopic (exact) mass is 262 g/mol. The Bertz CT molecular complexity index is 528. The summed E-state index contributed by atoms with van der Waals surface area (Å²) in [4.78, 5) is 4.36. The number of rotatable bonds is 3. The maximum absolute atomic E-state index is 5.61. The van der Waals surface area contributed by atoms with Gasteiger partial charge in [0.1, 0.15) is 18.2 Å². The maximum Gasteiger partial charge on any atom is 0.161 e. The van der Waals surface area contributed by atoms with Gasteiger partial charge in [-0.05, 0) is 24.7 Å². The van der Waals surface area contributed by atoms with Crippen LogP contribution in [0.5, 0.6) is 11.5 Å². The summed E-state index contributed by atoms with van der Waals surface area (Å²) in [6.07, 6.45) is 1.82. The standard InChI is InChI=1S/C13H14N2O2S/c1-14-12(13-15-4-7-18-13)9-2-3-10-11(8-9)17-6-5-16-10/h2-4,7-8,12,14H,5-6H2,1H3. The minimum absolute atomic E-state index is 0.0980. The van der Waals surface area contributed by atoms with E-state index in [-0.39, 0.29) is 6.04 Å². The third-order valence-corrected chi connectivity index (χ3v) is 3.73. The molecule has 1 N–H and O–H groups in total. The fraction of sp³-hybridized carbons (Fsp3) is 0.308. The highest BCUT2D eigenvalue weighted by molar-refractivity contribution is 7.09. The van der Waals surface area contributed by atoms with E-state index >= 15 is 0 Å². The summed E-state index contributed by atoms with van der Waals surface area (Å²) < 4.78 is 11.1. The van der Waals surface area contributed by atoms with E-state index < -0.39 is 0 Å². The SMILES string of the molecule is CNC(c1ccc2c(c1)OCCO2)c1nccs1. The van der Waals surface area contributed by atoms with Gasteiger partial charge in [0.05, 0.1) is 6.04 Å². The molecule has 94 valence electrons. The first-order valence-corrected chi connectivity index (χ1v) is 6.72. The van der Waals surface area contributed by atoms with Gasteiger partial charge in [0.2, 0.25) is 0 Å². The van der Waals surface area contributed by atoms with E-state index in [0.717, 1.165) is 22.1 Å². The van der Waals surface area contributed by atoms with E-state index in [0.29, 0.717) is 13.2 Å². The predicted molar refractivity (Wildman–Crippen MR) is 70.4 cm³/mol. The molecule has 1 unspecified atom stereocenters. The average molecular weight is 262 g/mol. The molecule has 0 saturated carbocycles. The number of aromatic nitrogens is 1. The summed E-state index contributed by atoms with van der Waals surface area (Å²) in [7, 11) is 1.93. The van der Waals surface area contributed by atoms with Crippen LogP contribution in [-0.2, 0) is 0 Å². The van der Waals surface area contributed by atoms with Crippen molar-refractivity contribution < 1.29 is 9.47 Å². The van der Waals surface area contributed by atoms with Gasteiger partial charge in [0.15, 0.2) is 11.5 Å². The van der Waals surface area contributed by atoms with Crippen molar-refractivity contribution >= 4 is 11.3 Å². The Kier molecular flexibility index (Phi) is 3.17. The van der Waals surface area contributed by atoms with Crippen LogP contribution in [0, 0.1) is 0 Å². The predicted octanol–water partition coefficient (Wildman–Crippen LogP) is 2.22. The van der Waals surface area contributed by atoms with Crippen molar-refractivity contribution in [1.29, 1.82) is 0 Å². The zero-order chi connectivity index (χ0) is 12.4. The lowest BCUT2D eigenvalue weighted by Crippen LogP contribution is -2.19. The Morgan fingerprint density at radius 3 is 2.83 bits per heavy atom. The van der Waals surface area contributed by atoms with Gasteiger partial charge in [-0.15, -0.1) is 11.3 Å². The molecule has 0 aliphatic carbocycles. The van der Waals surface area contributed by atoms with Gasteiger partial charge in [-0.25, -0.2) is 4.98 Å². The van der Waals surface area contributed by atoms with E-state index in [4.69, 9.17) is 9.47 Å². The summed E-state index contributed by atoms with van der Waals surface area (Å²) in [5.74, 6) is 1.63. The van der Waals surface area contributed by atoms with Crippen molar-refractivity contribution in [3.05, 3.63) is 40.3 Å². The molecule has 1 aromatic heterocycles. The number of fused-ring (bicyclic) bond motifs is 1. The molecule has 2 aromatic rings. The molecule has 0 spiro atoms. The molecule has 4 nitrogen and oxygen atoms in total. The van der Waals surface area contributed by atoms with Gasteiger partial charge >= 0.3 is 0 Å². The second-order valence-corrected chi connectivity index (χ2v) is 4.92. The van der Waals surface area contributed by atoms with Crippen molar-refractivity contribution in [2.24, 2.45) is 0 Å². The van der Waals surface area contributed by atoms with Crippen LogP contribution in [0.15, 0.2) is 29.8 Å². The molecule has 1 atom stereocenters. The van der Waals surface area contributed by atoms with Crippen LogP contribution in [-0.4, -0.2) is 25.2 Å². The Balaban J connectivity index is 1.95. The fourth-order valence-electron chi connectivity index (χ4n) is 2.05. The first kappa shape index (κ1) is 11.5. The molecule has 18 heavy (non-hydrogen) atoms. The van der Waals surface area contributed by atoms with E-state index in [2.05, 4.69) is 16.4 Å². The number of thiazole rings is 1. The highest BCUT2D eigenvalue weighted by atomic mass is 32.1. The van der Waals surface area contributed by atoms with Crippen LogP contribution in [0.2, 0.25) is 0 Å².